The van der Waals surface area contributed by atoms with Crippen molar-refractivity contribution >= 4 is 11.5 Å². The van der Waals surface area contributed by atoms with Crippen LogP contribution in [0.2, 0.25) is 0 Å². The number of nitrogens with zero attached hydrogens (tertiary/aromatic N) is 2. The Bertz CT molecular complexity index is 880. The lowest BCUT2D eigenvalue weighted by molar-refractivity contribution is -0.114. The Kier molecular flexibility index (Phi) is 20.1. The van der Waals surface area contributed by atoms with Crippen LogP contribution in [0.15, 0.2) is 72.1 Å². The van der Waals surface area contributed by atoms with Gasteiger partial charge in [-0.05, 0) is 76.3 Å². The molecule has 1 aromatic carbocycles. The number of hydrogen-bond acceptors (Lipinski definition) is 4. The molecule has 0 aliphatic heterocycles. The number of hydrogen-bond donors (Lipinski definition) is 0. The molecule has 0 fully saturated rings. The summed E-state index contributed by atoms with van der Waals surface area (Å²) < 4.78 is 5.31. The van der Waals surface area contributed by atoms with Gasteiger partial charge in [0.05, 0.1) is 12.8 Å². The van der Waals surface area contributed by atoms with Crippen LogP contribution in [0, 0.1) is 6.92 Å². The third-order valence-corrected chi connectivity index (χ3v) is 4.48. The highest BCUT2D eigenvalue weighted by atomic mass is 16.5. The highest BCUT2D eigenvalue weighted by molar-refractivity contribution is 6.09. The second kappa shape index (κ2) is 20.6. The van der Waals surface area contributed by atoms with Crippen LogP contribution in [-0.2, 0) is 4.79 Å². The number of allylic oxidation sites excluding steroid dienone is 3. The average Bonchev–Trinajstić information content (AvgIpc) is 2.83. The van der Waals surface area contributed by atoms with Crippen LogP contribution < -0.4 is 4.74 Å². The zero-order valence-corrected chi connectivity index (χ0v) is 23.1. The van der Waals surface area contributed by atoms with Gasteiger partial charge in [-0.3, -0.25) is 9.98 Å². The molecule has 0 spiro atoms. The molecule has 0 radical (unpaired) electrons. The monoisotopic (exact) mass is 466 g/mol. The van der Waals surface area contributed by atoms with E-state index in [9.17, 15) is 4.79 Å². The molecule has 34 heavy (non-hydrogen) atoms. The standard InChI is InChI=1S/C15H19NO.C9H13N.C3H6O.C3H8/c1-6-12(4)16-14(7-2)13-9-8-11(3)15(10-13)17-5;1-3-8(2)9-5-4-6-10-7-9;1-3(2)4;1-3-2/h6-10H,2H2,1,3-5H3;4-8H,3H2,1-2H3;1-2H3;3H2,1-2H3/b12-6-,16-14?;;;. The molecule has 2 aromatic rings. The number of ether oxygens (including phenoxy) is 1. The van der Waals surface area contributed by atoms with E-state index in [0.717, 1.165) is 28.3 Å². The Morgan fingerprint density at radius 2 is 1.76 bits per heavy atom. The van der Waals surface area contributed by atoms with Gasteiger partial charge in [0.1, 0.15) is 11.5 Å². The molecule has 0 amide bonds. The Balaban J connectivity index is 0. The number of pyridine rings is 1. The van der Waals surface area contributed by atoms with Gasteiger partial charge in [-0.25, -0.2) is 0 Å². The summed E-state index contributed by atoms with van der Waals surface area (Å²) in [5.41, 5.74) is 5.30. The van der Waals surface area contributed by atoms with Crippen LogP contribution in [0.3, 0.4) is 0 Å². The van der Waals surface area contributed by atoms with Crippen molar-refractivity contribution in [2.24, 2.45) is 4.99 Å². The van der Waals surface area contributed by atoms with E-state index in [1.54, 1.807) is 13.2 Å². The summed E-state index contributed by atoms with van der Waals surface area (Å²) in [5.74, 6) is 1.68. The van der Waals surface area contributed by atoms with Gasteiger partial charge >= 0.3 is 0 Å². The number of Topliss-reactive ketones (excluding diaryl/α,β-unsaturated/α-hetero) is 1. The normalized spacial score (nSPS) is 11.4. The molecule has 4 heteroatoms. The summed E-state index contributed by atoms with van der Waals surface area (Å²) in [7, 11) is 1.67. The number of carbonyl (C=O) groups excluding carboxylic acids is 1. The number of rotatable bonds is 6. The van der Waals surface area contributed by atoms with Crippen molar-refractivity contribution in [3.8, 4) is 5.75 Å². The van der Waals surface area contributed by atoms with Crippen molar-refractivity contribution in [1.29, 1.82) is 0 Å². The third-order valence-electron chi connectivity index (χ3n) is 4.48. The van der Waals surface area contributed by atoms with Crippen molar-refractivity contribution in [2.75, 3.05) is 7.11 Å². The fraction of sp³-hybridized carbons (Fsp3) is 0.433. The van der Waals surface area contributed by atoms with Gasteiger partial charge in [0.15, 0.2) is 0 Å². The van der Waals surface area contributed by atoms with Gasteiger partial charge in [0.2, 0.25) is 0 Å². The SMILES string of the molecule is C=CC(=N/C(C)=C\C)c1ccc(C)c(OC)c1.CC(C)=O.CCC.CCC(C)c1cccnc1. The average molecular weight is 467 g/mol. The van der Waals surface area contributed by atoms with Gasteiger partial charge in [0.25, 0.3) is 0 Å². The summed E-state index contributed by atoms with van der Waals surface area (Å²) in [5, 5.41) is 0. The van der Waals surface area contributed by atoms with E-state index in [1.807, 2.05) is 63.5 Å². The van der Waals surface area contributed by atoms with E-state index in [-0.39, 0.29) is 5.78 Å². The predicted octanol–water partition coefficient (Wildman–Crippen LogP) is 8.51. The fourth-order valence-electron chi connectivity index (χ4n) is 2.37. The first-order valence-corrected chi connectivity index (χ1v) is 12.0. The van der Waals surface area contributed by atoms with Crippen LogP contribution in [-0.4, -0.2) is 23.6 Å². The molecule has 0 aliphatic rings. The molecule has 1 heterocycles. The lowest BCUT2D eigenvalue weighted by Gasteiger charge is -2.08. The molecular weight excluding hydrogens is 420 g/mol. The summed E-state index contributed by atoms with van der Waals surface area (Å²) in [4.78, 5) is 18.0. The number of carbonyl (C=O) groups is 1. The van der Waals surface area contributed by atoms with E-state index in [1.165, 1.54) is 32.3 Å². The minimum Gasteiger partial charge on any atom is -0.496 e. The molecule has 4 nitrogen and oxygen atoms in total. The molecule has 0 aliphatic carbocycles. The maximum atomic E-state index is 9.44. The molecule has 0 saturated heterocycles. The zero-order chi connectivity index (χ0) is 26.5. The van der Waals surface area contributed by atoms with E-state index in [2.05, 4.69) is 50.3 Å². The Morgan fingerprint density at radius 3 is 2.18 bits per heavy atom. The first-order chi connectivity index (χ1) is 16.1. The van der Waals surface area contributed by atoms with Gasteiger partial charge in [-0.15, -0.1) is 0 Å². The van der Waals surface area contributed by atoms with E-state index in [4.69, 9.17) is 4.74 Å². The van der Waals surface area contributed by atoms with E-state index in [0.29, 0.717) is 5.92 Å². The lowest BCUT2D eigenvalue weighted by Crippen LogP contribution is -1.98. The summed E-state index contributed by atoms with van der Waals surface area (Å²) >= 11 is 0. The summed E-state index contributed by atoms with van der Waals surface area (Å²) in [6.45, 7) is 21.5. The van der Waals surface area contributed by atoms with Crippen LogP contribution in [0.25, 0.3) is 0 Å². The Morgan fingerprint density at radius 1 is 1.18 bits per heavy atom. The number of methoxy groups -OCH3 is 1. The molecular formula is C30H46N2O2. The summed E-state index contributed by atoms with van der Waals surface area (Å²) in [6, 6.07) is 10.2. The van der Waals surface area contributed by atoms with Crippen molar-refractivity contribution in [2.45, 2.75) is 81.1 Å². The van der Waals surface area contributed by atoms with E-state index < -0.39 is 0 Å². The van der Waals surface area contributed by atoms with Crippen molar-refractivity contribution in [3.63, 3.8) is 0 Å². The Labute approximate surface area is 208 Å². The minimum absolute atomic E-state index is 0.167. The molecule has 0 N–H and O–H groups in total. The highest BCUT2D eigenvalue weighted by Gasteiger charge is 2.04. The maximum absolute atomic E-state index is 9.44. The Hall–Kier alpha value is -3.01. The molecule has 1 atom stereocenters. The number of aromatic nitrogens is 1. The largest absolute Gasteiger partial charge is 0.496 e. The smallest absolute Gasteiger partial charge is 0.126 e. The molecule has 0 saturated carbocycles. The van der Waals surface area contributed by atoms with Crippen molar-refractivity contribution in [3.05, 3.63) is 83.8 Å². The topological polar surface area (TPSA) is 51.5 Å². The van der Waals surface area contributed by atoms with Gasteiger partial charge in [-0.2, -0.15) is 0 Å². The third kappa shape index (κ3) is 15.7. The molecule has 188 valence electrons. The summed E-state index contributed by atoms with van der Waals surface area (Å²) in [6.07, 6.45) is 9.91. The first-order valence-electron chi connectivity index (χ1n) is 12.0. The molecule has 0 bridgehead atoms. The van der Waals surface area contributed by atoms with Crippen LogP contribution in [0.5, 0.6) is 5.75 Å². The maximum Gasteiger partial charge on any atom is 0.126 e. The fourth-order valence-corrected chi connectivity index (χ4v) is 2.37. The second-order valence-electron chi connectivity index (χ2n) is 8.03. The minimum atomic E-state index is 0.167. The number of aryl methyl sites for hydroxylation is 1. The quantitative estimate of drug-likeness (QED) is 0.401. The van der Waals surface area contributed by atoms with Gasteiger partial charge in [-0.1, -0.05) is 65.0 Å². The van der Waals surface area contributed by atoms with Crippen LogP contribution >= 0.6 is 0 Å². The van der Waals surface area contributed by atoms with Crippen LogP contribution in [0.1, 0.15) is 90.8 Å². The second-order valence-corrected chi connectivity index (χ2v) is 8.03. The zero-order valence-electron chi connectivity index (χ0n) is 23.1. The van der Waals surface area contributed by atoms with Crippen molar-refractivity contribution in [1.82, 2.24) is 4.98 Å². The number of ketones is 1. The molecule has 1 aromatic heterocycles. The van der Waals surface area contributed by atoms with E-state index >= 15 is 0 Å². The first kappa shape index (κ1) is 33.2. The predicted molar refractivity (Wildman–Crippen MR) is 149 cm³/mol. The van der Waals surface area contributed by atoms with Crippen LogP contribution in [0.4, 0.5) is 0 Å². The number of aliphatic imine (C=N–C) groups is 1. The van der Waals surface area contributed by atoms with Gasteiger partial charge < -0.3 is 9.53 Å². The molecule has 1 unspecified atom stereocenters. The number of benzene rings is 1. The highest BCUT2D eigenvalue weighted by Crippen LogP contribution is 2.20. The molecule has 2 rings (SSSR count). The van der Waals surface area contributed by atoms with Gasteiger partial charge in [0, 0.05) is 23.7 Å². The van der Waals surface area contributed by atoms with Crippen molar-refractivity contribution < 1.29 is 9.53 Å². The lowest BCUT2D eigenvalue weighted by atomic mass is 10.0.